The number of rotatable bonds is 9. The number of pyridine rings is 1. The van der Waals surface area contributed by atoms with Crippen LogP contribution in [0.5, 0.6) is 5.75 Å². The molecule has 9 heteroatoms. The fraction of sp³-hybridized carbons (Fsp3) is 0.423. The van der Waals surface area contributed by atoms with E-state index in [0.717, 1.165) is 40.0 Å². The molecule has 0 radical (unpaired) electrons. The van der Waals surface area contributed by atoms with E-state index in [1.807, 2.05) is 24.3 Å². The molecular formula is C26H31BrClN5O2. The third-order valence-corrected chi connectivity index (χ3v) is 7.20. The summed E-state index contributed by atoms with van der Waals surface area (Å²) in [5.41, 5.74) is 2.49. The van der Waals surface area contributed by atoms with E-state index in [2.05, 4.69) is 38.2 Å². The predicted octanol–water partition coefficient (Wildman–Crippen LogP) is 5.35. The van der Waals surface area contributed by atoms with E-state index < -0.39 is 6.10 Å². The maximum atomic E-state index is 10.0. The number of likely N-dealkylation sites (N-methyl/N-ethyl adjacent to an activating group) is 1. The second-order valence-corrected chi connectivity index (χ2v) is 10.1. The largest absolute Gasteiger partial charge is 0.491 e. The summed E-state index contributed by atoms with van der Waals surface area (Å²) in [7, 11) is 3.90. The Morgan fingerprint density at radius 1 is 1.14 bits per heavy atom. The van der Waals surface area contributed by atoms with Crippen LogP contribution < -0.4 is 15.0 Å². The molecule has 2 heterocycles. The Balaban J connectivity index is 1.75. The molecule has 1 aromatic carbocycles. The van der Waals surface area contributed by atoms with Gasteiger partial charge in [-0.25, -0.2) is 9.97 Å². The summed E-state index contributed by atoms with van der Waals surface area (Å²) in [6.07, 6.45) is 8.95. The van der Waals surface area contributed by atoms with Gasteiger partial charge in [0.25, 0.3) is 0 Å². The normalized spacial score (nSPS) is 15.1. The lowest BCUT2D eigenvalue weighted by Gasteiger charge is -2.33. The molecule has 1 aliphatic rings. The van der Waals surface area contributed by atoms with Crippen molar-refractivity contribution in [1.82, 2.24) is 20.3 Å². The smallest absolute Gasteiger partial charge is 0.162 e. The lowest BCUT2D eigenvalue weighted by molar-refractivity contribution is 0.108. The Labute approximate surface area is 220 Å². The van der Waals surface area contributed by atoms with Gasteiger partial charge in [0.15, 0.2) is 5.82 Å². The molecule has 1 unspecified atom stereocenters. The van der Waals surface area contributed by atoms with Crippen molar-refractivity contribution >= 4 is 33.3 Å². The molecule has 0 bridgehead atoms. The zero-order chi connectivity index (χ0) is 24.8. The van der Waals surface area contributed by atoms with Crippen molar-refractivity contribution < 1.29 is 9.84 Å². The van der Waals surface area contributed by atoms with Crippen LogP contribution in [0.2, 0.25) is 5.02 Å². The van der Waals surface area contributed by atoms with Gasteiger partial charge in [-0.15, -0.1) is 0 Å². The van der Waals surface area contributed by atoms with Crippen LogP contribution in [0, 0.1) is 0 Å². The van der Waals surface area contributed by atoms with Crippen LogP contribution in [0.25, 0.3) is 22.6 Å². The van der Waals surface area contributed by atoms with Crippen molar-refractivity contribution in [3.05, 3.63) is 52.2 Å². The van der Waals surface area contributed by atoms with E-state index in [1.54, 1.807) is 25.5 Å². The highest BCUT2D eigenvalue weighted by atomic mass is 79.9. The van der Waals surface area contributed by atoms with Gasteiger partial charge in [-0.1, -0.05) is 30.9 Å². The first-order valence-electron chi connectivity index (χ1n) is 11.9. The highest BCUT2D eigenvalue weighted by Crippen LogP contribution is 2.38. The van der Waals surface area contributed by atoms with Crippen LogP contribution in [-0.4, -0.2) is 59.5 Å². The minimum atomic E-state index is -0.625. The molecule has 0 saturated heterocycles. The van der Waals surface area contributed by atoms with Crippen LogP contribution in [0.3, 0.4) is 0 Å². The summed E-state index contributed by atoms with van der Waals surface area (Å²) >= 11 is 10.3. The molecule has 2 N–H and O–H groups in total. The van der Waals surface area contributed by atoms with Crippen molar-refractivity contribution in [2.45, 2.75) is 44.2 Å². The molecular weight excluding hydrogens is 530 g/mol. The van der Waals surface area contributed by atoms with Crippen molar-refractivity contribution in [1.29, 1.82) is 0 Å². The van der Waals surface area contributed by atoms with Gasteiger partial charge < -0.3 is 20.1 Å². The van der Waals surface area contributed by atoms with Gasteiger partial charge in [0, 0.05) is 48.2 Å². The molecule has 7 nitrogen and oxygen atoms in total. The molecule has 1 aliphatic carbocycles. The molecule has 186 valence electrons. The van der Waals surface area contributed by atoms with Gasteiger partial charge in [-0.05, 0) is 66.2 Å². The minimum absolute atomic E-state index is 0.153. The van der Waals surface area contributed by atoms with E-state index in [1.165, 1.54) is 19.3 Å². The highest BCUT2D eigenvalue weighted by Gasteiger charge is 2.24. The van der Waals surface area contributed by atoms with E-state index in [0.29, 0.717) is 29.2 Å². The monoisotopic (exact) mass is 559 g/mol. The molecule has 1 atom stereocenters. The number of anilines is 1. The Morgan fingerprint density at radius 2 is 1.89 bits per heavy atom. The van der Waals surface area contributed by atoms with Crippen LogP contribution in [-0.2, 0) is 0 Å². The molecule has 35 heavy (non-hydrogen) atoms. The number of hydrogen-bond acceptors (Lipinski definition) is 7. The average Bonchev–Trinajstić information content (AvgIpc) is 2.88. The number of aromatic nitrogens is 3. The van der Waals surface area contributed by atoms with E-state index in [9.17, 15) is 5.11 Å². The number of nitrogens with one attached hydrogen (secondary N) is 1. The van der Waals surface area contributed by atoms with Crippen molar-refractivity contribution in [3.8, 4) is 28.4 Å². The Kier molecular flexibility index (Phi) is 8.94. The van der Waals surface area contributed by atoms with Gasteiger partial charge in [0.1, 0.15) is 24.3 Å². The first-order chi connectivity index (χ1) is 17.0. The Hall–Kier alpha value is -2.26. The summed E-state index contributed by atoms with van der Waals surface area (Å²) in [5, 5.41) is 13.5. The first kappa shape index (κ1) is 25.8. The quantitative estimate of drug-likeness (QED) is 0.365. The summed E-state index contributed by atoms with van der Waals surface area (Å²) in [5.74, 6) is 1.96. The zero-order valence-corrected chi connectivity index (χ0v) is 22.4. The molecule has 1 saturated carbocycles. The number of aliphatic hydroxyl groups is 1. The fourth-order valence-corrected chi connectivity index (χ4v) is 5.31. The molecule has 0 aliphatic heterocycles. The van der Waals surface area contributed by atoms with Gasteiger partial charge >= 0.3 is 0 Å². The number of halogens is 2. The van der Waals surface area contributed by atoms with Gasteiger partial charge in [0.05, 0.1) is 10.2 Å². The maximum Gasteiger partial charge on any atom is 0.162 e. The van der Waals surface area contributed by atoms with Crippen molar-refractivity contribution in [2.75, 3.05) is 32.1 Å². The summed E-state index contributed by atoms with van der Waals surface area (Å²) in [6.45, 7) is 0.592. The number of benzene rings is 1. The Bertz CT molecular complexity index is 1130. The summed E-state index contributed by atoms with van der Waals surface area (Å²) in [4.78, 5) is 16.3. The standard InChI is InChI=1S/C26H31BrClN5O2/c1-29-15-21(34)16-35-22-13-18(12-19(28)14-22)25-31-24(17-8-10-30-11-9-17)23(27)26(32-25)33(2)20-6-4-3-5-7-20/h8-14,20-21,29,34H,3-7,15-16H2,1-2H3. The van der Waals surface area contributed by atoms with Crippen molar-refractivity contribution in [2.24, 2.45) is 0 Å². The zero-order valence-electron chi connectivity index (χ0n) is 20.0. The van der Waals surface area contributed by atoms with Gasteiger partial charge in [-0.2, -0.15) is 0 Å². The number of nitrogens with zero attached hydrogens (tertiary/aromatic N) is 4. The number of aliphatic hydroxyl groups excluding tert-OH is 1. The van der Waals surface area contributed by atoms with E-state index in [-0.39, 0.29) is 6.61 Å². The molecule has 2 aromatic heterocycles. The fourth-order valence-electron chi connectivity index (χ4n) is 4.40. The summed E-state index contributed by atoms with van der Waals surface area (Å²) < 4.78 is 6.67. The molecule has 3 aromatic rings. The van der Waals surface area contributed by atoms with E-state index in [4.69, 9.17) is 26.3 Å². The van der Waals surface area contributed by atoms with Crippen LogP contribution in [0.15, 0.2) is 47.2 Å². The van der Waals surface area contributed by atoms with Crippen LogP contribution in [0.1, 0.15) is 32.1 Å². The molecule has 1 fully saturated rings. The SMILES string of the molecule is CNCC(O)COc1cc(Cl)cc(-c2nc(-c3ccncc3)c(Br)c(N(C)C3CCCCC3)n2)c1. The lowest BCUT2D eigenvalue weighted by atomic mass is 9.94. The van der Waals surface area contributed by atoms with Gasteiger partial charge in [0.2, 0.25) is 0 Å². The first-order valence-corrected chi connectivity index (χ1v) is 13.1. The van der Waals surface area contributed by atoms with Crippen LogP contribution >= 0.6 is 27.5 Å². The number of ether oxygens (including phenoxy) is 1. The number of hydrogen-bond donors (Lipinski definition) is 2. The second kappa shape index (κ2) is 12.1. The van der Waals surface area contributed by atoms with Gasteiger partial charge in [-0.3, -0.25) is 4.98 Å². The van der Waals surface area contributed by atoms with Crippen molar-refractivity contribution in [3.63, 3.8) is 0 Å². The molecule has 0 spiro atoms. The lowest BCUT2D eigenvalue weighted by Crippen LogP contribution is -2.34. The summed E-state index contributed by atoms with van der Waals surface area (Å²) in [6, 6.07) is 9.74. The highest BCUT2D eigenvalue weighted by molar-refractivity contribution is 9.10. The average molecular weight is 561 g/mol. The third-order valence-electron chi connectivity index (χ3n) is 6.26. The van der Waals surface area contributed by atoms with Crippen LogP contribution in [0.4, 0.5) is 5.82 Å². The maximum absolute atomic E-state index is 10.0. The molecule has 0 amide bonds. The molecule has 4 rings (SSSR count). The second-order valence-electron chi connectivity index (χ2n) is 8.87. The topological polar surface area (TPSA) is 83.4 Å². The Morgan fingerprint density at radius 3 is 2.60 bits per heavy atom. The minimum Gasteiger partial charge on any atom is -0.491 e. The van der Waals surface area contributed by atoms with E-state index >= 15 is 0 Å². The predicted molar refractivity (Wildman–Crippen MR) is 144 cm³/mol. The third kappa shape index (κ3) is 6.50.